The lowest BCUT2D eigenvalue weighted by Crippen LogP contribution is -2.21. The van der Waals surface area contributed by atoms with E-state index >= 15 is 0 Å². The molecule has 0 bridgehead atoms. The molecule has 0 atom stereocenters. The Balaban J connectivity index is 3.17. The van der Waals surface area contributed by atoms with Gasteiger partial charge in [0, 0.05) is 0 Å². The average molecular weight is 228 g/mol. The van der Waals surface area contributed by atoms with Gasteiger partial charge in [0.2, 0.25) is 8.32 Å². The van der Waals surface area contributed by atoms with Crippen molar-refractivity contribution in [2.24, 2.45) is 0 Å². The second-order valence-electron chi connectivity index (χ2n) is 5.16. The quantitative estimate of drug-likeness (QED) is 0.303. The van der Waals surface area contributed by atoms with E-state index in [1.54, 1.807) is 0 Å². The van der Waals surface area contributed by atoms with Crippen molar-refractivity contribution in [1.82, 2.24) is 0 Å². The summed E-state index contributed by atoms with van der Waals surface area (Å²) in [5.74, 6) is 0. The van der Waals surface area contributed by atoms with E-state index in [1.165, 1.54) is 44.9 Å². The van der Waals surface area contributed by atoms with Crippen LogP contribution in [0.3, 0.4) is 0 Å². The van der Waals surface area contributed by atoms with Crippen LogP contribution in [0.4, 0.5) is 0 Å². The summed E-state index contributed by atoms with van der Waals surface area (Å²) in [5, 5.41) is 0. The summed E-state index contributed by atoms with van der Waals surface area (Å²) in [5.41, 5.74) is 0. The molecule has 0 unspecified atom stereocenters. The molecule has 0 rings (SSSR count). The summed E-state index contributed by atoms with van der Waals surface area (Å²) in [6.07, 6.45) is 13.5. The Morgan fingerprint density at radius 1 is 0.933 bits per heavy atom. The summed E-state index contributed by atoms with van der Waals surface area (Å²) in [6, 6.07) is 0. The molecule has 15 heavy (non-hydrogen) atoms. The van der Waals surface area contributed by atoms with Gasteiger partial charge in [0.15, 0.2) is 0 Å². The number of hydrogen-bond acceptors (Lipinski definition) is 1. The molecule has 0 saturated heterocycles. The zero-order valence-corrected chi connectivity index (χ0v) is 12.0. The zero-order valence-electron chi connectivity index (χ0n) is 11.0. The average Bonchev–Trinajstić information content (AvgIpc) is 2.14. The fourth-order valence-corrected chi connectivity index (χ4v) is 1.87. The van der Waals surface area contributed by atoms with Gasteiger partial charge in [-0.05, 0) is 32.5 Å². The number of allylic oxidation sites excluding steroid dienone is 1. The van der Waals surface area contributed by atoms with E-state index in [-0.39, 0.29) is 0 Å². The molecule has 0 aliphatic heterocycles. The van der Waals surface area contributed by atoms with Gasteiger partial charge in [-0.1, -0.05) is 45.1 Å². The lowest BCUT2D eigenvalue weighted by atomic mass is 10.1. The van der Waals surface area contributed by atoms with Gasteiger partial charge < -0.3 is 4.43 Å². The highest BCUT2D eigenvalue weighted by Gasteiger charge is 2.12. The third-order valence-corrected chi connectivity index (χ3v) is 3.09. The van der Waals surface area contributed by atoms with Gasteiger partial charge in [-0.25, -0.2) is 0 Å². The molecule has 0 amide bonds. The minimum Gasteiger partial charge on any atom is -0.550 e. The smallest absolute Gasteiger partial charge is 0.241 e. The first-order valence-electron chi connectivity index (χ1n) is 6.39. The zero-order chi connectivity index (χ0) is 11.6. The highest BCUT2D eigenvalue weighted by Crippen LogP contribution is 2.08. The SMILES string of the molecule is CCCCCCCC/C=C\O[Si](C)(C)C. The first-order valence-corrected chi connectivity index (χ1v) is 9.80. The topological polar surface area (TPSA) is 9.23 Å². The molecule has 2 heteroatoms. The maximum Gasteiger partial charge on any atom is 0.241 e. The molecule has 0 N–H and O–H groups in total. The van der Waals surface area contributed by atoms with Crippen LogP contribution in [0.5, 0.6) is 0 Å². The van der Waals surface area contributed by atoms with Crippen molar-refractivity contribution in [2.75, 3.05) is 0 Å². The molecular formula is C13H28OSi. The van der Waals surface area contributed by atoms with E-state index in [1.807, 2.05) is 6.26 Å². The molecule has 0 saturated carbocycles. The van der Waals surface area contributed by atoms with Crippen LogP contribution < -0.4 is 0 Å². The standard InChI is InChI=1S/C13H28OSi/c1-5-6-7-8-9-10-11-12-13-14-15(2,3)4/h12-13H,5-11H2,1-4H3/b13-12-. The molecule has 1 nitrogen and oxygen atoms in total. The molecule has 0 aromatic rings. The Hall–Kier alpha value is -0.243. The minimum absolute atomic E-state index is 1.18. The number of hydrogen-bond donors (Lipinski definition) is 0. The Morgan fingerprint density at radius 2 is 1.53 bits per heavy atom. The maximum absolute atomic E-state index is 5.63. The second kappa shape index (κ2) is 9.02. The van der Waals surface area contributed by atoms with Crippen LogP contribution in [-0.2, 0) is 4.43 Å². The van der Waals surface area contributed by atoms with E-state index in [0.717, 1.165) is 0 Å². The van der Waals surface area contributed by atoms with Crippen LogP contribution in [-0.4, -0.2) is 8.32 Å². The first-order chi connectivity index (χ1) is 7.06. The predicted molar refractivity (Wildman–Crippen MR) is 71.6 cm³/mol. The molecule has 0 aromatic carbocycles. The van der Waals surface area contributed by atoms with E-state index < -0.39 is 8.32 Å². The number of rotatable bonds is 9. The van der Waals surface area contributed by atoms with Crippen LogP contribution in [0.25, 0.3) is 0 Å². The molecule has 0 aliphatic rings. The summed E-state index contributed by atoms with van der Waals surface area (Å²) in [7, 11) is -1.33. The third kappa shape index (κ3) is 13.8. The highest BCUT2D eigenvalue weighted by molar-refractivity contribution is 6.69. The highest BCUT2D eigenvalue weighted by atomic mass is 28.4. The van der Waals surface area contributed by atoms with E-state index in [9.17, 15) is 0 Å². The second-order valence-corrected chi connectivity index (χ2v) is 9.62. The van der Waals surface area contributed by atoms with Crippen molar-refractivity contribution in [3.05, 3.63) is 12.3 Å². The predicted octanol–water partition coefficient (Wildman–Crippen LogP) is 5.10. The van der Waals surface area contributed by atoms with Gasteiger partial charge in [0.1, 0.15) is 0 Å². The van der Waals surface area contributed by atoms with Crippen LogP contribution >= 0.6 is 0 Å². The molecule has 90 valence electrons. The van der Waals surface area contributed by atoms with E-state index in [2.05, 4.69) is 32.6 Å². The van der Waals surface area contributed by atoms with Crippen molar-refractivity contribution < 1.29 is 4.43 Å². The summed E-state index contributed by atoms with van der Waals surface area (Å²) in [4.78, 5) is 0. The van der Waals surface area contributed by atoms with Crippen LogP contribution in [0.15, 0.2) is 12.3 Å². The minimum atomic E-state index is -1.33. The Bertz CT molecular complexity index is 158. The molecule has 0 heterocycles. The monoisotopic (exact) mass is 228 g/mol. The Morgan fingerprint density at radius 3 is 2.13 bits per heavy atom. The maximum atomic E-state index is 5.63. The molecule has 0 aliphatic carbocycles. The van der Waals surface area contributed by atoms with Gasteiger partial charge >= 0.3 is 0 Å². The van der Waals surface area contributed by atoms with Crippen LogP contribution in [0.2, 0.25) is 19.6 Å². The first kappa shape index (κ1) is 14.8. The normalized spacial score (nSPS) is 12.3. The van der Waals surface area contributed by atoms with Crippen molar-refractivity contribution >= 4 is 8.32 Å². The van der Waals surface area contributed by atoms with Crippen LogP contribution in [0.1, 0.15) is 51.9 Å². The molecule has 0 aromatic heterocycles. The van der Waals surface area contributed by atoms with Crippen LogP contribution in [0, 0.1) is 0 Å². The lowest BCUT2D eigenvalue weighted by molar-refractivity contribution is 0.475. The largest absolute Gasteiger partial charge is 0.550 e. The fraction of sp³-hybridized carbons (Fsp3) is 0.846. The van der Waals surface area contributed by atoms with E-state index in [4.69, 9.17) is 4.43 Å². The summed E-state index contributed by atoms with van der Waals surface area (Å²) < 4.78 is 5.63. The van der Waals surface area contributed by atoms with Gasteiger partial charge in [-0.2, -0.15) is 0 Å². The molecular weight excluding hydrogens is 200 g/mol. The Kier molecular flexibility index (Phi) is 8.87. The van der Waals surface area contributed by atoms with Crippen molar-refractivity contribution in [2.45, 2.75) is 71.5 Å². The van der Waals surface area contributed by atoms with Gasteiger partial charge in [-0.15, -0.1) is 0 Å². The van der Waals surface area contributed by atoms with Crippen molar-refractivity contribution in [3.63, 3.8) is 0 Å². The van der Waals surface area contributed by atoms with Gasteiger partial charge in [-0.3, -0.25) is 0 Å². The third-order valence-electron chi connectivity index (χ3n) is 2.24. The van der Waals surface area contributed by atoms with Crippen molar-refractivity contribution in [1.29, 1.82) is 0 Å². The summed E-state index contributed by atoms with van der Waals surface area (Å²) in [6.45, 7) is 8.89. The number of unbranched alkanes of at least 4 members (excludes halogenated alkanes) is 6. The van der Waals surface area contributed by atoms with Crippen molar-refractivity contribution in [3.8, 4) is 0 Å². The van der Waals surface area contributed by atoms with E-state index in [0.29, 0.717) is 0 Å². The van der Waals surface area contributed by atoms with Gasteiger partial charge in [0.25, 0.3) is 0 Å². The lowest BCUT2D eigenvalue weighted by Gasteiger charge is -2.14. The Labute approximate surface area is 97.0 Å². The van der Waals surface area contributed by atoms with Gasteiger partial charge in [0.05, 0.1) is 6.26 Å². The molecule has 0 radical (unpaired) electrons. The fourth-order valence-electron chi connectivity index (χ4n) is 1.36. The molecule has 0 fully saturated rings. The molecule has 0 spiro atoms. The summed E-state index contributed by atoms with van der Waals surface area (Å²) >= 11 is 0.